The largest absolute Gasteiger partial charge is 0.465 e. The van der Waals surface area contributed by atoms with Crippen LogP contribution in [0.25, 0.3) is 0 Å². The average Bonchev–Trinajstić information content (AvgIpc) is 3.08. The summed E-state index contributed by atoms with van der Waals surface area (Å²) in [5.41, 5.74) is 1.17. The molecule has 1 aliphatic carbocycles. The van der Waals surface area contributed by atoms with Gasteiger partial charge in [-0.1, -0.05) is 15.9 Å². The minimum atomic E-state index is 0.0226. The lowest BCUT2D eigenvalue weighted by molar-refractivity contribution is -0.129. The van der Waals surface area contributed by atoms with Gasteiger partial charge in [0.15, 0.2) is 0 Å². The molecule has 1 aliphatic rings. The molecule has 0 aromatic heterocycles. The van der Waals surface area contributed by atoms with Gasteiger partial charge in [0.1, 0.15) is 6.61 Å². The maximum Gasteiger partial charge on any atom is 0.293 e. The van der Waals surface area contributed by atoms with Crippen molar-refractivity contribution in [1.29, 1.82) is 0 Å². The highest BCUT2D eigenvalue weighted by Gasteiger charge is 2.47. The standard InChI is InChI=1S/C12H14BrNO2/c1-14(11-4-2-10(13)3-5-11)12(6-7-12)8-16-9-15/h2-5,9H,6-8H2,1H3. The first-order valence-electron chi connectivity index (χ1n) is 5.23. The molecule has 0 N–H and O–H groups in total. The summed E-state index contributed by atoms with van der Waals surface area (Å²) in [5.74, 6) is 0. The van der Waals surface area contributed by atoms with E-state index in [1.54, 1.807) is 0 Å². The normalized spacial score (nSPS) is 16.6. The Balaban J connectivity index is 2.09. The van der Waals surface area contributed by atoms with Crippen LogP contribution in [0.2, 0.25) is 0 Å². The van der Waals surface area contributed by atoms with Crippen molar-refractivity contribution in [3.05, 3.63) is 28.7 Å². The van der Waals surface area contributed by atoms with Gasteiger partial charge in [0.2, 0.25) is 0 Å². The van der Waals surface area contributed by atoms with Crippen molar-refractivity contribution in [3.8, 4) is 0 Å². The van der Waals surface area contributed by atoms with Crippen LogP contribution < -0.4 is 4.90 Å². The molecule has 0 radical (unpaired) electrons. The van der Waals surface area contributed by atoms with Gasteiger partial charge >= 0.3 is 0 Å². The van der Waals surface area contributed by atoms with Crippen LogP contribution in [-0.4, -0.2) is 25.7 Å². The van der Waals surface area contributed by atoms with Gasteiger partial charge in [-0.3, -0.25) is 4.79 Å². The van der Waals surface area contributed by atoms with E-state index in [4.69, 9.17) is 4.74 Å². The number of rotatable bonds is 5. The molecule has 86 valence electrons. The zero-order valence-electron chi connectivity index (χ0n) is 9.15. The molecule has 0 unspecified atom stereocenters. The smallest absolute Gasteiger partial charge is 0.293 e. The zero-order valence-corrected chi connectivity index (χ0v) is 10.7. The van der Waals surface area contributed by atoms with Crippen molar-refractivity contribution < 1.29 is 9.53 Å². The predicted molar refractivity (Wildman–Crippen MR) is 66.5 cm³/mol. The highest BCUT2D eigenvalue weighted by atomic mass is 79.9. The highest BCUT2D eigenvalue weighted by Crippen LogP contribution is 2.43. The Morgan fingerprint density at radius 2 is 2.06 bits per heavy atom. The maximum absolute atomic E-state index is 10.2. The van der Waals surface area contributed by atoms with E-state index >= 15 is 0 Å². The van der Waals surface area contributed by atoms with E-state index < -0.39 is 0 Å². The van der Waals surface area contributed by atoms with Crippen molar-refractivity contribution in [2.75, 3.05) is 18.6 Å². The number of likely N-dealkylation sites (N-methyl/N-ethyl adjacent to an activating group) is 1. The number of carbonyl (C=O) groups excluding carboxylic acids is 1. The summed E-state index contributed by atoms with van der Waals surface area (Å²) in [6, 6.07) is 8.15. The monoisotopic (exact) mass is 283 g/mol. The van der Waals surface area contributed by atoms with Crippen molar-refractivity contribution in [2.24, 2.45) is 0 Å². The van der Waals surface area contributed by atoms with Crippen LogP contribution in [0.4, 0.5) is 5.69 Å². The number of hydrogen-bond acceptors (Lipinski definition) is 3. The third-order valence-electron chi connectivity index (χ3n) is 3.17. The van der Waals surface area contributed by atoms with Gasteiger partial charge in [-0.05, 0) is 37.1 Å². The zero-order chi connectivity index (χ0) is 11.6. The molecule has 0 spiro atoms. The molecule has 1 aromatic carbocycles. The van der Waals surface area contributed by atoms with Gasteiger partial charge < -0.3 is 9.64 Å². The van der Waals surface area contributed by atoms with E-state index in [0.29, 0.717) is 13.1 Å². The number of benzene rings is 1. The third-order valence-corrected chi connectivity index (χ3v) is 3.70. The Morgan fingerprint density at radius 3 is 2.56 bits per heavy atom. The van der Waals surface area contributed by atoms with Crippen molar-refractivity contribution in [3.63, 3.8) is 0 Å². The van der Waals surface area contributed by atoms with E-state index in [-0.39, 0.29) is 5.54 Å². The van der Waals surface area contributed by atoms with Crippen LogP contribution in [0, 0.1) is 0 Å². The fraction of sp³-hybridized carbons (Fsp3) is 0.417. The van der Waals surface area contributed by atoms with E-state index in [1.165, 1.54) is 0 Å². The van der Waals surface area contributed by atoms with Gasteiger partial charge in [-0.15, -0.1) is 0 Å². The second-order valence-corrected chi connectivity index (χ2v) is 5.08. The predicted octanol–water partition coefficient (Wildman–Crippen LogP) is 2.59. The third kappa shape index (κ3) is 2.21. The molecular weight excluding hydrogens is 270 g/mol. The second kappa shape index (κ2) is 4.45. The van der Waals surface area contributed by atoms with Crippen LogP contribution in [0.1, 0.15) is 12.8 Å². The molecule has 0 saturated heterocycles. The van der Waals surface area contributed by atoms with Gasteiger partial charge in [-0.25, -0.2) is 0 Å². The molecule has 0 amide bonds. The Kier molecular flexibility index (Phi) is 3.19. The first kappa shape index (κ1) is 11.5. The van der Waals surface area contributed by atoms with Gasteiger partial charge in [0.25, 0.3) is 6.47 Å². The van der Waals surface area contributed by atoms with Crippen molar-refractivity contribution >= 4 is 28.1 Å². The average molecular weight is 284 g/mol. The number of carbonyl (C=O) groups is 1. The van der Waals surface area contributed by atoms with Gasteiger partial charge in [-0.2, -0.15) is 0 Å². The number of nitrogens with zero attached hydrogens (tertiary/aromatic N) is 1. The lowest BCUT2D eigenvalue weighted by Gasteiger charge is -2.29. The molecule has 1 fully saturated rings. The summed E-state index contributed by atoms with van der Waals surface area (Å²) in [7, 11) is 2.05. The van der Waals surface area contributed by atoms with Gasteiger partial charge in [0.05, 0.1) is 5.54 Å². The summed E-state index contributed by atoms with van der Waals surface area (Å²) in [4.78, 5) is 12.4. The molecule has 16 heavy (non-hydrogen) atoms. The topological polar surface area (TPSA) is 29.5 Å². The van der Waals surface area contributed by atoms with E-state index in [9.17, 15) is 4.79 Å². The second-order valence-electron chi connectivity index (χ2n) is 4.17. The molecule has 2 rings (SSSR count). The Labute approximate surface area is 104 Å². The number of ether oxygens (including phenoxy) is 1. The lowest BCUT2D eigenvalue weighted by atomic mass is 10.2. The lowest BCUT2D eigenvalue weighted by Crippen LogP contribution is -2.37. The van der Waals surface area contributed by atoms with Crippen molar-refractivity contribution in [2.45, 2.75) is 18.4 Å². The quantitative estimate of drug-likeness (QED) is 0.778. The summed E-state index contributed by atoms with van der Waals surface area (Å²) in [5, 5.41) is 0. The fourth-order valence-electron chi connectivity index (χ4n) is 1.85. The molecule has 0 aliphatic heterocycles. The molecule has 3 nitrogen and oxygen atoms in total. The molecule has 1 aromatic rings. The van der Waals surface area contributed by atoms with E-state index in [0.717, 1.165) is 23.0 Å². The minimum Gasteiger partial charge on any atom is -0.465 e. The molecule has 0 atom stereocenters. The van der Waals surface area contributed by atoms with Crippen LogP contribution in [0.3, 0.4) is 0 Å². The Morgan fingerprint density at radius 1 is 1.44 bits per heavy atom. The summed E-state index contributed by atoms with van der Waals surface area (Å²) in [6.07, 6.45) is 2.15. The van der Waals surface area contributed by atoms with Crippen LogP contribution >= 0.6 is 15.9 Å². The van der Waals surface area contributed by atoms with E-state index in [2.05, 4.69) is 33.0 Å². The van der Waals surface area contributed by atoms with Gasteiger partial charge in [0, 0.05) is 17.2 Å². The molecule has 4 heteroatoms. The Bertz CT molecular complexity index is 373. The number of anilines is 1. The first-order valence-corrected chi connectivity index (χ1v) is 6.02. The van der Waals surface area contributed by atoms with Crippen LogP contribution in [-0.2, 0) is 9.53 Å². The highest BCUT2D eigenvalue weighted by molar-refractivity contribution is 9.10. The minimum absolute atomic E-state index is 0.0226. The SMILES string of the molecule is CN(c1ccc(Br)cc1)C1(COC=O)CC1. The molecule has 1 saturated carbocycles. The molecule has 0 bridgehead atoms. The summed E-state index contributed by atoms with van der Waals surface area (Å²) >= 11 is 3.41. The fourth-order valence-corrected chi connectivity index (χ4v) is 2.11. The molecular formula is C12H14BrNO2. The number of halogens is 1. The summed E-state index contributed by atoms with van der Waals surface area (Å²) < 4.78 is 5.96. The summed E-state index contributed by atoms with van der Waals surface area (Å²) in [6.45, 7) is 0.999. The van der Waals surface area contributed by atoms with Crippen LogP contribution in [0.15, 0.2) is 28.7 Å². The van der Waals surface area contributed by atoms with Crippen LogP contribution in [0.5, 0.6) is 0 Å². The maximum atomic E-state index is 10.2. The number of hydrogen-bond donors (Lipinski definition) is 0. The molecule has 0 heterocycles. The Hall–Kier alpha value is -1.03. The van der Waals surface area contributed by atoms with Crippen molar-refractivity contribution in [1.82, 2.24) is 0 Å². The first-order chi connectivity index (χ1) is 7.68. The van der Waals surface area contributed by atoms with E-state index in [1.807, 2.05) is 19.2 Å².